The van der Waals surface area contributed by atoms with Crippen LogP contribution >= 0.6 is 11.8 Å². The van der Waals surface area contributed by atoms with Crippen molar-refractivity contribution in [3.63, 3.8) is 0 Å². The minimum absolute atomic E-state index is 0.314. The zero-order valence-electron chi connectivity index (χ0n) is 15.7. The number of amides is 3. The van der Waals surface area contributed by atoms with Crippen molar-refractivity contribution in [3.8, 4) is 0 Å². The fourth-order valence-corrected chi connectivity index (χ4v) is 2.45. The molecule has 0 bridgehead atoms. The predicted molar refractivity (Wildman–Crippen MR) is 101 cm³/mol. The van der Waals surface area contributed by atoms with Crippen LogP contribution in [0, 0.1) is 0 Å². The summed E-state index contributed by atoms with van der Waals surface area (Å²) in [6.07, 6.45) is 1.22. The normalized spacial score (nSPS) is 14.8. The summed E-state index contributed by atoms with van der Waals surface area (Å²) >= 11 is 1.46. The second kappa shape index (κ2) is 13.7. The van der Waals surface area contributed by atoms with Gasteiger partial charge in [0.15, 0.2) is 0 Å². The average molecular weight is 438 g/mol. The smallest absolute Gasteiger partial charge is 0.328 e. The fourth-order valence-electron chi connectivity index (χ4n) is 1.96. The van der Waals surface area contributed by atoms with Crippen molar-refractivity contribution in [3.05, 3.63) is 0 Å². The van der Waals surface area contributed by atoms with Crippen molar-refractivity contribution in [2.24, 2.45) is 5.73 Å². The van der Waals surface area contributed by atoms with Gasteiger partial charge in [0, 0.05) is 0 Å². The Morgan fingerprint density at radius 2 is 1.34 bits per heavy atom. The molecule has 4 atom stereocenters. The van der Waals surface area contributed by atoms with E-state index in [-0.39, 0.29) is 0 Å². The number of carbonyl (C=O) groups excluding carboxylic acids is 3. The molecule has 0 saturated carbocycles. The van der Waals surface area contributed by atoms with Crippen molar-refractivity contribution in [1.29, 1.82) is 0 Å². The van der Waals surface area contributed by atoms with Crippen molar-refractivity contribution < 1.29 is 44.4 Å². The molecule has 0 aromatic carbocycles. The number of carboxylic acid groups (broad SMARTS) is 2. The first-order valence-corrected chi connectivity index (χ1v) is 9.78. The maximum absolute atomic E-state index is 12.3. The highest BCUT2D eigenvalue weighted by Gasteiger charge is 2.31. The summed E-state index contributed by atoms with van der Waals surface area (Å²) in [5.41, 5.74) is 5.66. The van der Waals surface area contributed by atoms with Gasteiger partial charge >= 0.3 is 11.9 Å². The summed E-state index contributed by atoms with van der Waals surface area (Å²) in [5, 5.41) is 42.1. The fraction of sp³-hybridized carbons (Fsp3) is 0.667. The lowest BCUT2D eigenvalue weighted by Gasteiger charge is -2.23. The first-order chi connectivity index (χ1) is 13.6. The molecule has 166 valence electrons. The summed E-state index contributed by atoms with van der Waals surface area (Å²) in [6, 6.07) is -5.88. The highest BCUT2D eigenvalue weighted by molar-refractivity contribution is 7.98. The first kappa shape index (κ1) is 26.6. The van der Waals surface area contributed by atoms with E-state index in [1.54, 1.807) is 0 Å². The molecule has 0 radical (unpaired) electrons. The molecule has 0 saturated heterocycles. The van der Waals surface area contributed by atoms with Crippen molar-refractivity contribution in [1.82, 2.24) is 16.0 Å². The molecule has 29 heavy (non-hydrogen) atoms. The van der Waals surface area contributed by atoms with E-state index in [1.807, 2.05) is 16.9 Å². The van der Waals surface area contributed by atoms with Crippen LogP contribution in [0.25, 0.3) is 0 Å². The lowest BCUT2D eigenvalue weighted by Crippen LogP contribution is -2.58. The van der Waals surface area contributed by atoms with Crippen molar-refractivity contribution in [2.45, 2.75) is 37.0 Å². The lowest BCUT2D eigenvalue weighted by atomic mass is 10.1. The van der Waals surface area contributed by atoms with E-state index in [2.05, 4.69) is 5.32 Å². The van der Waals surface area contributed by atoms with Crippen LogP contribution in [0.1, 0.15) is 12.8 Å². The second-order valence-corrected chi connectivity index (χ2v) is 6.86. The van der Waals surface area contributed by atoms with Gasteiger partial charge in [-0.05, 0) is 18.4 Å². The molecular weight excluding hydrogens is 412 g/mol. The number of carbonyl (C=O) groups is 5. The first-order valence-electron chi connectivity index (χ1n) is 8.39. The van der Waals surface area contributed by atoms with Crippen LogP contribution in [0.15, 0.2) is 0 Å². The number of nitrogens with one attached hydrogen (secondary N) is 3. The standard InChI is InChI=1S/C15H26N4O9S/c1-29-3-2-7(16)12(24)18-9(5-20)14(26)17-8(4-11(22)23)13(25)19-10(6-21)15(27)28/h7-10,20-21H,2-6,16H2,1H3,(H,17,26)(H,18,24)(H,19,25)(H,22,23)(H,27,28). The molecule has 0 aliphatic rings. The number of rotatable bonds is 14. The minimum atomic E-state index is -1.72. The number of carboxylic acids is 2. The SMILES string of the molecule is CSCCC(N)C(=O)NC(CO)C(=O)NC(CC(=O)O)C(=O)NC(CO)C(=O)O. The van der Waals surface area contributed by atoms with Gasteiger partial charge in [-0.2, -0.15) is 11.8 Å². The quantitative estimate of drug-likeness (QED) is 0.130. The molecule has 9 N–H and O–H groups in total. The van der Waals surface area contributed by atoms with Gasteiger partial charge < -0.3 is 42.1 Å². The van der Waals surface area contributed by atoms with E-state index in [0.717, 1.165) is 0 Å². The van der Waals surface area contributed by atoms with E-state index >= 15 is 0 Å². The summed E-state index contributed by atoms with van der Waals surface area (Å²) in [4.78, 5) is 58.2. The van der Waals surface area contributed by atoms with Crippen LogP contribution in [0.4, 0.5) is 0 Å². The minimum Gasteiger partial charge on any atom is -0.481 e. The summed E-state index contributed by atoms with van der Waals surface area (Å²) in [7, 11) is 0. The van der Waals surface area contributed by atoms with Gasteiger partial charge in [-0.25, -0.2) is 4.79 Å². The van der Waals surface area contributed by atoms with Crippen LogP contribution in [0.3, 0.4) is 0 Å². The third-order valence-corrected chi connectivity index (χ3v) is 4.24. The second-order valence-electron chi connectivity index (χ2n) is 5.87. The maximum Gasteiger partial charge on any atom is 0.328 e. The highest BCUT2D eigenvalue weighted by atomic mass is 32.2. The van der Waals surface area contributed by atoms with Crippen LogP contribution in [-0.2, 0) is 24.0 Å². The average Bonchev–Trinajstić information content (AvgIpc) is 2.66. The van der Waals surface area contributed by atoms with Crippen LogP contribution < -0.4 is 21.7 Å². The zero-order valence-corrected chi connectivity index (χ0v) is 16.5. The molecule has 0 heterocycles. The number of aliphatic hydroxyl groups excluding tert-OH is 2. The highest BCUT2D eigenvalue weighted by Crippen LogP contribution is 2.00. The number of thioether (sulfide) groups is 1. The molecular formula is C15H26N4O9S. The van der Waals surface area contributed by atoms with Crippen LogP contribution in [0.5, 0.6) is 0 Å². The Bertz CT molecular complexity index is 604. The summed E-state index contributed by atoms with van der Waals surface area (Å²) < 4.78 is 0. The monoisotopic (exact) mass is 438 g/mol. The molecule has 0 fully saturated rings. The molecule has 0 aromatic rings. The van der Waals surface area contributed by atoms with Crippen molar-refractivity contribution >= 4 is 41.4 Å². The van der Waals surface area contributed by atoms with Gasteiger partial charge in [0.2, 0.25) is 17.7 Å². The Morgan fingerprint density at radius 1 is 0.862 bits per heavy atom. The van der Waals surface area contributed by atoms with E-state index in [1.165, 1.54) is 11.8 Å². The third-order valence-electron chi connectivity index (χ3n) is 3.59. The lowest BCUT2D eigenvalue weighted by molar-refractivity contribution is -0.144. The molecule has 13 nitrogen and oxygen atoms in total. The topological polar surface area (TPSA) is 228 Å². The Labute approximate surface area is 170 Å². The molecule has 0 aliphatic carbocycles. The van der Waals surface area contributed by atoms with Gasteiger partial charge in [0.1, 0.15) is 18.1 Å². The van der Waals surface area contributed by atoms with E-state index in [0.29, 0.717) is 12.2 Å². The Balaban J connectivity index is 5.12. The molecule has 0 aromatic heterocycles. The third kappa shape index (κ3) is 10.1. The van der Waals surface area contributed by atoms with E-state index in [9.17, 15) is 29.1 Å². The van der Waals surface area contributed by atoms with Gasteiger partial charge in [-0.15, -0.1) is 0 Å². The number of aliphatic hydroxyl groups is 2. The number of hydrogen-bond donors (Lipinski definition) is 8. The zero-order chi connectivity index (χ0) is 22.6. The van der Waals surface area contributed by atoms with Crippen LogP contribution in [-0.4, -0.2) is 99.5 Å². The Kier molecular flexibility index (Phi) is 12.6. The summed E-state index contributed by atoms with van der Waals surface area (Å²) in [5.74, 6) is -5.44. The van der Waals surface area contributed by atoms with Gasteiger partial charge in [0.05, 0.1) is 25.7 Å². The van der Waals surface area contributed by atoms with Gasteiger partial charge in [-0.3, -0.25) is 19.2 Å². The van der Waals surface area contributed by atoms with Gasteiger partial charge in [0.25, 0.3) is 0 Å². The van der Waals surface area contributed by atoms with Gasteiger partial charge in [-0.1, -0.05) is 0 Å². The van der Waals surface area contributed by atoms with E-state index in [4.69, 9.17) is 21.1 Å². The molecule has 3 amide bonds. The van der Waals surface area contributed by atoms with Crippen molar-refractivity contribution in [2.75, 3.05) is 25.2 Å². The van der Waals surface area contributed by atoms with E-state index < -0.39 is 73.5 Å². The largest absolute Gasteiger partial charge is 0.481 e. The molecule has 0 aliphatic heterocycles. The molecule has 14 heteroatoms. The number of aliphatic carboxylic acids is 2. The number of nitrogens with two attached hydrogens (primary N) is 1. The molecule has 0 rings (SSSR count). The molecule has 0 spiro atoms. The number of hydrogen-bond acceptors (Lipinski definition) is 9. The summed E-state index contributed by atoms with van der Waals surface area (Å²) in [6.45, 7) is -1.82. The molecule has 4 unspecified atom stereocenters. The Morgan fingerprint density at radius 3 is 1.79 bits per heavy atom. The predicted octanol–water partition coefficient (Wildman–Crippen LogP) is -3.93. The van der Waals surface area contributed by atoms with Crippen LogP contribution in [0.2, 0.25) is 0 Å². The Hall–Kier alpha value is -2.42. The maximum atomic E-state index is 12.3.